The van der Waals surface area contributed by atoms with Gasteiger partial charge in [-0.3, -0.25) is 14.4 Å². The summed E-state index contributed by atoms with van der Waals surface area (Å²) in [5, 5.41) is 12.4. The molecule has 1 N–H and O–H groups in total. The Kier molecular flexibility index (Phi) is 12.2. The molecule has 254 valence electrons. The van der Waals surface area contributed by atoms with E-state index in [0.29, 0.717) is 12.8 Å². The van der Waals surface area contributed by atoms with Crippen molar-refractivity contribution in [2.24, 2.45) is 17.3 Å². The summed E-state index contributed by atoms with van der Waals surface area (Å²) >= 11 is 1.61. The lowest BCUT2D eigenvalue weighted by Gasteiger charge is -2.37. The number of esters is 2. The quantitative estimate of drug-likeness (QED) is 0.125. The van der Waals surface area contributed by atoms with Gasteiger partial charge in [-0.1, -0.05) is 51.7 Å². The van der Waals surface area contributed by atoms with E-state index in [-0.39, 0.29) is 42.7 Å². The molecular weight excluding hydrogens is 602 g/mol. The number of unbranched alkanes of at least 4 members (excludes halogenated alkanes) is 3. The molecule has 2 aliphatic rings. The molecule has 7 atom stereocenters. The monoisotopic (exact) mass is 655 g/mol. The number of hydrogen-bond donors (Lipinski definition) is 1. The van der Waals surface area contributed by atoms with Crippen LogP contribution in [0.3, 0.4) is 0 Å². The van der Waals surface area contributed by atoms with Crippen LogP contribution >= 0.6 is 11.3 Å². The van der Waals surface area contributed by atoms with Gasteiger partial charge in [0.2, 0.25) is 0 Å². The molecule has 1 aromatic heterocycles. The van der Waals surface area contributed by atoms with Crippen molar-refractivity contribution in [3.05, 3.63) is 41.4 Å². The van der Waals surface area contributed by atoms with Crippen LogP contribution in [0.5, 0.6) is 0 Å². The van der Waals surface area contributed by atoms with Gasteiger partial charge in [0, 0.05) is 18.8 Å². The molecule has 2 aliphatic heterocycles. The maximum atomic E-state index is 14.2. The predicted molar refractivity (Wildman–Crippen MR) is 180 cm³/mol. The molecule has 0 bridgehead atoms. The average molecular weight is 656 g/mol. The minimum Gasteiger partial charge on any atom is -0.461 e. The van der Waals surface area contributed by atoms with Crippen molar-refractivity contribution in [3.63, 3.8) is 0 Å². The number of fused-ring (bicyclic) bond motifs is 2. The van der Waals surface area contributed by atoms with Crippen molar-refractivity contribution in [1.82, 2.24) is 4.98 Å². The number of rotatable bonds is 9. The van der Waals surface area contributed by atoms with Gasteiger partial charge in [-0.05, 0) is 77.0 Å². The molecule has 9 heteroatoms. The number of nitrogens with zero attached hydrogens (tertiary/aromatic N) is 1. The fraction of sp³-hybridized carbons (Fsp3) is 0.676. The average Bonchev–Trinajstić information content (AvgIpc) is 3.47. The summed E-state index contributed by atoms with van der Waals surface area (Å²) in [6, 6.07) is 5.95. The van der Waals surface area contributed by atoms with E-state index in [1.165, 1.54) is 0 Å². The molecule has 0 spiro atoms. The SMILES string of the molecule is C=CC[C@H]1C(=O)C(C)(C)[C@@H](OC(=O)CCCCCC)CC(=O)O[C@H](c2ccc3sc(C)nc3c2)C[C@@H]2O[C@]2(C)CCC[C@H](C)[C@@H]1O. The first-order chi connectivity index (χ1) is 21.8. The fourth-order valence-electron chi connectivity index (χ4n) is 6.79. The highest BCUT2D eigenvalue weighted by Crippen LogP contribution is 2.47. The van der Waals surface area contributed by atoms with Gasteiger partial charge in [0.05, 0.1) is 44.9 Å². The normalized spacial score (nSPS) is 30.8. The topological polar surface area (TPSA) is 115 Å². The second kappa shape index (κ2) is 15.5. The Balaban J connectivity index is 1.67. The lowest BCUT2D eigenvalue weighted by molar-refractivity contribution is -0.168. The lowest BCUT2D eigenvalue weighted by atomic mass is 9.71. The Morgan fingerprint density at radius 3 is 2.70 bits per heavy atom. The molecule has 2 fully saturated rings. The number of epoxide rings is 1. The van der Waals surface area contributed by atoms with Crippen LogP contribution in [0.25, 0.3) is 10.2 Å². The predicted octanol–water partition coefficient (Wildman–Crippen LogP) is 7.98. The van der Waals surface area contributed by atoms with Crippen molar-refractivity contribution in [2.75, 3.05) is 0 Å². The van der Waals surface area contributed by atoms with Gasteiger partial charge in [0.25, 0.3) is 0 Å². The Labute approximate surface area is 278 Å². The minimum absolute atomic E-state index is 0.102. The van der Waals surface area contributed by atoms with E-state index in [9.17, 15) is 19.5 Å². The maximum Gasteiger partial charge on any atom is 0.310 e. The molecule has 4 rings (SSSR count). The summed E-state index contributed by atoms with van der Waals surface area (Å²) in [5.41, 5.74) is 0.0497. The van der Waals surface area contributed by atoms with Gasteiger partial charge in [-0.25, -0.2) is 4.98 Å². The number of carbonyl (C=O) groups excluding carboxylic acids is 3. The van der Waals surface area contributed by atoms with E-state index >= 15 is 0 Å². The largest absolute Gasteiger partial charge is 0.461 e. The molecule has 0 saturated carbocycles. The van der Waals surface area contributed by atoms with Gasteiger partial charge in [-0.2, -0.15) is 0 Å². The third-order valence-electron chi connectivity index (χ3n) is 10.0. The van der Waals surface area contributed by atoms with E-state index in [1.807, 2.05) is 32.0 Å². The summed E-state index contributed by atoms with van der Waals surface area (Å²) in [4.78, 5) is 45.8. The summed E-state index contributed by atoms with van der Waals surface area (Å²) in [5.74, 6) is -2.16. The van der Waals surface area contributed by atoms with E-state index in [0.717, 1.165) is 59.3 Å². The molecule has 0 aliphatic carbocycles. The highest BCUT2D eigenvalue weighted by atomic mass is 32.1. The first-order valence-corrected chi connectivity index (χ1v) is 17.9. The third-order valence-corrected chi connectivity index (χ3v) is 11.0. The molecule has 1 aromatic carbocycles. The number of aryl methyl sites for hydroxylation is 1. The third kappa shape index (κ3) is 8.84. The van der Waals surface area contributed by atoms with Crippen LogP contribution in [0.4, 0.5) is 0 Å². The van der Waals surface area contributed by atoms with Crippen LogP contribution in [0.2, 0.25) is 0 Å². The Morgan fingerprint density at radius 1 is 1.22 bits per heavy atom. The van der Waals surface area contributed by atoms with Gasteiger partial charge in [0.1, 0.15) is 18.0 Å². The van der Waals surface area contributed by atoms with Crippen LogP contribution in [0.1, 0.15) is 122 Å². The van der Waals surface area contributed by atoms with Crippen molar-refractivity contribution in [3.8, 4) is 0 Å². The van der Waals surface area contributed by atoms with Crippen molar-refractivity contribution >= 4 is 39.3 Å². The van der Waals surface area contributed by atoms with Crippen LogP contribution in [-0.4, -0.2) is 51.7 Å². The fourth-order valence-corrected chi connectivity index (χ4v) is 7.60. The zero-order valence-corrected chi connectivity index (χ0v) is 29.3. The Morgan fingerprint density at radius 2 is 1.98 bits per heavy atom. The van der Waals surface area contributed by atoms with Crippen LogP contribution in [0.15, 0.2) is 30.9 Å². The summed E-state index contributed by atoms with van der Waals surface area (Å²) in [7, 11) is 0. The number of Topliss-reactive ketones (excluding diaryl/α,β-unsaturated/α-hetero) is 1. The van der Waals surface area contributed by atoms with E-state index in [1.54, 1.807) is 31.3 Å². The van der Waals surface area contributed by atoms with Gasteiger partial charge in [-0.15, -0.1) is 17.9 Å². The summed E-state index contributed by atoms with van der Waals surface area (Å²) < 4.78 is 19.4. The molecule has 2 saturated heterocycles. The second-order valence-electron chi connectivity index (χ2n) is 14.2. The molecular formula is C37H53NO7S. The first kappa shape index (κ1) is 36.2. The van der Waals surface area contributed by atoms with Gasteiger partial charge in [0.15, 0.2) is 0 Å². The van der Waals surface area contributed by atoms with Crippen molar-refractivity contribution in [2.45, 2.75) is 142 Å². The molecule has 3 heterocycles. The number of aliphatic hydroxyl groups is 1. The van der Waals surface area contributed by atoms with E-state index in [4.69, 9.17) is 14.2 Å². The number of thiazole rings is 1. The smallest absolute Gasteiger partial charge is 0.310 e. The zero-order chi connectivity index (χ0) is 33.6. The van der Waals surface area contributed by atoms with Gasteiger partial charge >= 0.3 is 11.9 Å². The minimum atomic E-state index is -1.27. The number of aliphatic hydroxyl groups excluding tert-OH is 1. The van der Waals surface area contributed by atoms with Crippen LogP contribution < -0.4 is 0 Å². The molecule has 46 heavy (non-hydrogen) atoms. The van der Waals surface area contributed by atoms with E-state index < -0.39 is 41.6 Å². The Bertz CT molecular complexity index is 1380. The number of carbonyl (C=O) groups is 3. The summed E-state index contributed by atoms with van der Waals surface area (Å²) in [6.45, 7) is 15.4. The van der Waals surface area contributed by atoms with Crippen molar-refractivity contribution in [1.29, 1.82) is 0 Å². The zero-order valence-electron chi connectivity index (χ0n) is 28.5. The highest BCUT2D eigenvalue weighted by molar-refractivity contribution is 7.18. The Hall–Kier alpha value is -2.62. The van der Waals surface area contributed by atoms with Crippen molar-refractivity contribution < 1.29 is 33.7 Å². The number of benzene rings is 1. The number of allylic oxidation sites excluding steroid dienone is 1. The number of cyclic esters (lactones) is 1. The molecule has 0 radical (unpaired) electrons. The standard InChI is InChI=1S/C37H53NO7S/c1-8-10-11-12-16-32(39)44-30-22-33(40)43-28(25-17-18-29-27(20-25)38-24(4)46-29)21-31-37(7,45-31)19-13-15-23(3)34(41)26(14-9-2)35(42)36(30,5)6/h9,17-18,20,23,26,28,30-31,34,41H,2,8,10-16,19,21-22H2,1,3-7H3/t23-,26+,28-,30-,31-,34-,37+/m0/s1. The molecule has 0 amide bonds. The molecule has 8 nitrogen and oxygen atoms in total. The first-order valence-electron chi connectivity index (χ1n) is 17.1. The lowest BCUT2D eigenvalue weighted by Crippen LogP contribution is -2.48. The van der Waals surface area contributed by atoms with Crippen LogP contribution in [-0.2, 0) is 28.6 Å². The maximum absolute atomic E-state index is 14.2. The molecule has 2 aromatic rings. The second-order valence-corrected chi connectivity index (χ2v) is 15.4. The molecule has 0 unspecified atom stereocenters. The van der Waals surface area contributed by atoms with Crippen LogP contribution in [0, 0.1) is 24.2 Å². The number of ether oxygens (including phenoxy) is 3. The highest BCUT2D eigenvalue weighted by Gasteiger charge is 2.53. The van der Waals surface area contributed by atoms with E-state index in [2.05, 4.69) is 25.4 Å². The van der Waals surface area contributed by atoms with Gasteiger partial charge < -0.3 is 19.3 Å². The number of hydrogen-bond acceptors (Lipinski definition) is 9. The number of ketones is 1. The summed E-state index contributed by atoms with van der Waals surface area (Å²) in [6.07, 6.45) is 5.60. The number of aromatic nitrogens is 1.